The summed E-state index contributed by atoms with van der Waals surface area (Å²) < 4.78 is 28.7. The van der Waals surface area contributed by atoms with E-state index in [0.717, 1.165) is 19.4 Å². The Morgan fingerprint density at radius 2 is 2.06 bits per heavy atom. The summed E-state index contributed by atoms with van der Waals surface area (Å²) in [5, 5.41) is 2.63. The zero-order valence-corrected chi connectivity index (χ0v) is 20.0. The van der Waals surface area contributed by atoms with Gasteiger partial charge in [0.25, 0.3) is 6.33 Å². The van der Waals surface area contributed by atoms with E-state index in [9.17, 15) is 14.4 Å². The van der Waals surface area contributed by atoms with Gasteiger partial charge < -0.3 is 19.7 Å². The van der Waals surface area contributed by atoms with Gasteiger partial charge in [-0.3, -0.25) is 9.69 Å². The Hall–Kier alpha value is -3.63. The molecule has 2 saturated heterocycles. The fraction of sp³-hybridized carbons (Fsp3) is 0.500. The average molecular weight is 489 g/mol. The van der Waals surface area contributed by atoms with Gasteiger partial charge in [-0.2, -0.15) is 4.79 Å². The molecule has 10 nitrogen and oxygen atoms in total. The topological polar surface area (TPSA) is 97.0 Å². The molecule has 0 aliphatic carbocycles. The standard InChI is InChI=1S/C24H30FN5O5/c1-3-34-23(32)29-11-10-27(16-29)14-18-6-8-28(9-7-18)22-5-4-19(12-21(22)25)30-15-20(35-24(30)33)13-26-17(2)31/h4-5,10-12,16,18,20H,3,6-9,13-15H2,1-2H3/p+1/t20-/m0/s1. The molecule has 1 aromatic heterocycles. The number of anilines is 2. The van der Waals surface area contributed by atoms with Crippen LogP contribution < -0.4 is 19.7 Å². The number of carbonyl (C=O) groups is 3. The molecule has 2 fully saturated rings. The molecule has 1 N–H and O–H groups in total. The second-order valence-corrected chi connectivity index (χ2v) is 8.84. The molecule has 0 bridgehead atoms. The average Bonchev–Trinajstić information content (AvgIpc) is 3.45. The third-order valence-corrected chi connectivity index (χ3v) is 6.29. The van der Waals surface area contributed by atoms with Crippen LogP contribution in [-0.2, 0) is 20.8 Å². The number of carbonyl (C=O) groups excluding carboxylic acids is 3. The number of rotatable bonds is 7. The number of imidazole rings is 1. The third-order valence-electron chi connectivity index (χ3n) is 6.29. The lowest BCUT2D eigenvalue weighted by molar-refractivity contribution is -0.702. The quantitative estimate of drug-likeness (QED) is 0.601. The molecule has 2 aliphatic heterocycles. The highest BCUT2D eigenvalue weighted by Crippen LogP contribution is 2.30. The molecule has 2 amide bonds. The lowest BCUT2D eigenvalue weighted by atomic mass is 9.96. The number of aromatic nitrogens is 2. The van der Waals surface area contributed by atoms with Gasteiger partial charge in [-0.05, 0) is 38.0 Å². The monoisotopic (exact) mass is 488 g/mol. The molecule has 1 aromatic carbocycles. The highest BCUT2D eigenvalue weighted by atomic mass is 19.1. The maximum absolute atomic E-state index is 15.0. The highest BCUT2D eigenvalue weighted by molar-refractivity contribution is 5.90. The summed E-state index contributed by atoms with van der Waals surface area (Å²) in [5.41, 5.74) is 0.939. The van der Waals surface area contributed by atoms with Gasteiger partial charge in [0.15, 0.2) is 0 Å². The van der Waals surface area contributed by atoms with Crippen molar-refractivity contribution in [1.29, 1.82) is 0 Å². The number of ether oxygens (including phenoxy) is 2. The predicted molar refractivity (Wildman–Crippen MR) is 125 cm³/mol. The number of hydrogen-bond donors (Lipinski definition) is 1. The molecular weight excluding hydrogens is 457 g/mol. The number of halogens is 1. The first kappa shape index (κ1) is 24.5. The molecule has 2 aromatic rings. The third kappa shape index (κ3) is 5.90. The van der Waals surface area contributed by atoms with Crippen molar-refractivity contribution < 1.29 is 32.8 Å². The van der Waals surface area contributed by atoms with E-state index in [2.05, 4.69) is 5.32 Å². The molecule has 0 unspecified atom stereocenters. The molecule has 0 spiro atoms. The largest absolute Gasteiger partial charge is 0.511 e. The lowest BCUT2D eigenvalue weighted by Gasteiger charge is -2.33. The van der Waals surface area contributed by atoms with Crippen LogP contribution in [0, 0.1) is 11.7 Å². The van der Waals surface area contributed by atoms with Crippen LogP contribution in [0.1, 0.15) is 26.7 Å². The van der Waals surface area contributed by atoms with Crippen molar-refractivity contribution in [2.24, 2.45) is 5.92 Å². The summed E-state index contributed by atoms with van der Waals surface area (Å²) in [6.45, 7) is 6.17. The highest BCUT2D eigenvalue weighted by Gasteiger charge is 2.33. The molecule has 4 rings (SSSR count). The van der Waals surface area contributed by atoms with Crippen molar-refractivity contribution in [2.75, 3.05) is 42.6 Å². The van der Waals surface area contributed by atoms with Crippen molar-refractivity contribution in [1.82, 2.24) is 9.88 Å². The van der Waals surface area contributed by atoms with Gasteiger partial charge in [0, 0.05) is 25.9 Å². The minimum atomic E-state index is -0.553. The van der Waals surface area contributed by atoms with Gasteiger partial charge in [-0.15, -0.1) is 4.57 Å². The summed E-state index contributed by atoms with van der Waals surface area (Å²) in [5.74, 6) is -0.177. The van der Waals surface area contributed by atoms with Crippen molar-refractivity contribution >= 4 is 29.5 Å². The molecule has 2 aliphatic rings. The van der Waals surface area contributed by atoms with Crippen molar-refractivity contribution in [2.45, 2.75) is 39.3 Å². The maximum Gasteiger partial charge on any atom is 0.511 e. The summed E-state index contributed by atoms with van der Waals surface area (Å²) in [6, 6.07) is 4.78. The van der Waals surface area contributed by atoms with Crippen LogP contribution in [0.4, 0.5) is 25.4 Å². The van der Waals surface area contributed by atoms with Crippen LogP contribution in [0.15, 0.2) is 36.9 Å². The molecule has 188 valence electrons. The van der Waals surface area contributed by atoms with Crippen LogP contribution in [0.5, 0.6) is 0 Å². The SMILES string of the molecule is CCOC(=O)n1cc[n+](CC2CCN(c3ccc(N4C[C@H](CNC(C)=O)OC4=O)cc3F)CC2)c1. The van der Waals surface area contributed by atoms with E-state index >= 15 is 4.39 Å². The van der Waals surface area contributed by atoms with Crippen LogP contribution in [0.25, 0.3) is 0 Å². The number of amides is 2. The zero-order chi connectivity index (χ0) is 24.9. The molecule has 1 atom stereocenters. The second kappa shape index (κ2) is 10.7. The van der Waals surface area contributed by atoms with Crippen LogP contribution in [0.3, 0.4) is 0 Å². The van der Waals surface area contributed by atoms with Gasteiger partial charge >= 0.3 is 12.2 Å². The number of cyclic esters (lactones) is 1. The van der Waals surface area contributed by atoms with Gasteiger partial charge in [0.1, 0.15) is 24.3 Å². The molecule has 3 heterocycles. The molecule has 35 heavy (non-hydrogen) atoms. The zero-order valence-electron chi connectivity index (χ0n) is 20.0. The van der Waals surface area contributed by atoms with Crippen LogP contribution in [-0.4, -0.2) is 61.6 Å². The molecule has 11 heteroatoms. The number of piperidine rings is 1. The predicted octanol–water partition coefficient (Wildman–Crippen LogP) is 2.30. The summed E-state index contributed by atoms with van der Waals surface area (Å²) in [7, 11) is 0. The first-order valence-electron chi connectivity index (χ1n) is 11.8. The van der Waals surface area contributed by atoms with Gasteiger partial charge in [-0.25, -0.2) is 13.8 Å². The van der Waals surface area contributed by atoms with Gasteiger partial charge in [0.05, 0.1) is 37.6 Å². The Labute approximate surface area is 203 Å². The minimum absolute atomic E-state index is 0.202. The van der Waals surface area contributed by atoms with E-state index in [1.165, 1.54) is 22.5 Å². The van der Waals surface area contributed by atoms with Crippen molar-refractivity contribution in [3.63, 3.8) is 0 Å². The molecule has 0 radical (unpaired) electrons. The number of nitrogens with one attached hydrogen (secondary N) is 1. The van der Waals surface area contributed by atoms with E-state index in [-0.39, 0.29) is 24.8 Å². The van der Waals surface area contributed by atoms with E-state index in [4.69, 9.17) is 9.47 Å². The van der Waals surface area contributed by atoms with Gasteiger partial charge in [-0.1, -0.05) is 0 Å². The summed E-state index contributed by atoms with van der Waals surface area (Å²) in [6.07, 6.45) is 5.62. The maximum atomic E-state index is 15.0. The Morgan fingerprint density at radius 3 is 2.74 bits per heavy atom. The fourth-order valence-corrected chi connectivity index (χ4v) is 4.48. The normalized spacial score (nSPS) is 18.5. The first-order valence-corrected chi connectivity index (χ1v) is 11.8. The summed E-state index contributed by atoms with van der Waals surface area (Å²) >= 11 is 0. The Balaban J connectivity index is 1.31. The summed E-state index contributed by atoms with van der Waals surface area (Å²) in [4.78, 5) is 38.5. The minimum Gasteiger partial charge on any atom is -0.442 e. The Morgan fingerprint density at radius 1 is 1.29 bits per heavy atom. The molecule has 0 saturated carbocycles. The smallest absolute Gasteiger partial charge is 0.442 e. The lowest BCUT2D eigenvalue weighted by Crippen LogP contribution is -2.42. The van der Waals surface area contributed by atoms with Crippen molar-refractivity contribution in [3.8, 4) is 0 Å². The second-order valence-electron chi connectivity index (χ2n) is 8.84. The van der Waals surface area contributed by atoms with Crippen LogP contribution >= 0.6 is 0 Å². The van der Waals surface area contributed by atoms with Crippen molar-refractivity contribution in [3.05, 3.63) is 42.7 Å². The van der Waals surface area contributed by atoms with E-state index in [1.807, 2.05) is 15.7 Å². The molecular formula is C24H31FN5O5+. The van der Waals surface area contributed by atoms with E-state index < -0.39 is 18.3 Å². The Kier molecular flexibility index (Phi) is 7.52. The van der Waals surface area contributed by atoms with E-state index in [1.54, 1.807) is 31.6 Å². The number of hydrogen-bond acceptors (Lipinski definition) is 6. The number of nitrogens with zero attached hydrogens (tertiary/aromatic N) is 4. The van der Waals surface area contributed by atoms with Gasteiger partial charge in [0.2, 0.25) is 5.91 Å². The van der Waals surface area contributed by atoms with E-state index in [0.29, 0.717) is 37.0 Å². The fourth-order valence-electron chi connectivity index (χ4n) is 4.48. The Bertz CT molecular complexity index is 1080. The van der Waals surface area contributed by atoms with Crippen LogP contribution in [0.2, 0.25) is 0 Å². The first-order chi connectivity index (χ1) is 16.8. The number of benzene rings is 1.